The fraction of sp³-hybridized carbons (Fsp3) is 0.111. The molecule has 0 N–H and O–H groups in total. The van der Waals surface area contributed by atoms with Crippen LogP contribution < -0.4 is 0 Å². The largest absolute Gasteiger partial charge is 0.0985 e. The third-order valence-corrected chi connectivity index (χ3v) is 2.63. The van der Waals surface area contributed by atoms with Gasteiger partial charge in [0.15, 0.2) is 0 Å². The van der Waals surface area contributed by atoms with Crippen molar-refractivity contribution < 1.29 is 0 Å². The van der Waals surface area contributed by atoms with Gasteiger partial charge < -0.3 is 0 Å². The van der Waals surface area contributed by atoms with Crippen LogP contribution in [0, 0.1) is 10.5 Å². The molecule has 0 saturated carbocycles. The summed E-state index contributed by atoms with van der Waals surface area (Å²) in [7, 11) is 0. The van der Waals surface area contributed by atoms with Crippen LogP contribution in [-0.2, 0) is 0 Å². The second kappa shape index (κ2) is 3.19. The molecule has 0 unspecified atom stereocenters. The van der Waals surface area contributed by atoms with E-state index in [4.69, 9.17) is 0 Å². The van der Waals surface area contributed by atoms with Gasteiger partial charge in [-0.3, -0.25) is 0 Å². The Hall–Kier alpha value is -0.310. The van der Waals surface area contributed by atoms with Gasteiger partial charge in [0.05, 0.1) is 0 Å². The van der Waals surface area contributed by atoms with Crippen LogP contribution in [0.25, 0.3) is 6.08 Å². The molecule has 0 aliphatic heterocycles. The first-order valence-corrected chi connectivity index (χ1v) is 4.20. The molecular weight excluding hydrogens is 235 g/mol. The van der Waals surface area contributed by atoms with Crippen molar-refractivity contribution in [3.8, 4) is 0 Å². The molecule has 0 aliphatic rings. The third-order valence-electron chi connectivity index (χ3n) is 1.42. The van der Waals surface area contributed by atoms with E-state index < -0.39 is 0 Å². The van der Waals surface area contributed by atoms with Crippen LogP contribution in [-0.4, -0.2) is 0 Å². The molecule has 0 amide bonds. The summed E-state index contributed by atoms with van der Waals surface area (Å²) < 4.78 is 1.31. The Morgan fingerprint density at radius 3 is 2.70 bits per heavy atom. The third kappa shape index (κ3) is 1.59. The Kier molecular flexibility index (Phi) is 2.49. The molecule has 0 aliphatic carbocycles. The van der Waals surface area contributed by atoms with Crippen LogP contribution in [0.15, 0.2) is 24.8 Å². The first-order valence-electron chi connectivity index (χ1n) is 3.12. The highest BCUT2D eigenvalue weighted by atomic mass is 127. The van der Waals surface area contributed by atoms with Gasteiger partial charge >= 0.3 is 0 Å². The molecule has 52 valence electrons. The Labute approximate surface area is 75.1 Å². The molecule has 0 heterocycles. The van der Waals surface area contributed by atoms with Gasteiger partial charge in [-0.1, -0.05) is 24.8 Å². The van der Waals surface area contributed by atoms with Crippen molar-refractivity contribution in [1.29, 1.82) is 0 Å². The number of hydrogen-bond donors (Lipinski definition) is 0. The zero-order valence-electron chi connectivity index (χ0n) is 5.89. The fourth-order valence-corrected chi connectivity index (χ4v) is 1.13. The molecular formula is C9H9I. The summed E-state index contributed by atoms with van der Waals surface area (Å²) in [5, 5.41) is 0. The fourth-order valence-electron chi connectivity index (χ4n) is 0.795. The first-order chi connectivity index (χ1) is 4.74. The molecule has 0 nitrogen and oxygen atoms in total. The van der Waals surface area contributed by atoms with E-state index in [9.17, 15) is 0 Å². The smallest absolute Gasteiger partial charge is 0.0159 e. The molecule has 0 spiro atoms. The number of benzene rings is 1. The highest BCUT2D eigenvalue weighted by molar-refractivity contribution is 14.1. The zero-order chi connectivity index (χ0) is 7.56. The van der Waals surface area contributed by atoms with E-state index >= 15 is 0 Å². The SMILES string of the molecule is C=Cc1ccc(I)c(C)c1. The van der Waals surface area contributed by atoms with Gasteiger partial charge in [0.1, 0.15) is 0 Å². The Morgan fingerprint density at radius 2 is 2.20 bits per heavy atom. The highest BCUT2D eigenvalue weighted by Gasteiger charge is 1.92. The van der Waals surface area contributed by atoms with Gasteiger partial charge in [-0.05, 0) is 46.7 Å². The molecule has 1 aromatic rings. The summed E-state index contributed by atoms with van der Waals surface area (Å²) >= 11 is 2.32. The lowest BCUT2D eigenvalue weighted by molar-refractivity contribution is 1.42. The Balaban J connectivity index is 3.16. The van der Waals surface area contributed by atoms with Crippen LogP contribution in [0.2, 0.25) is 0 Å². The van der Waals surface area contributed by atoms with Crippen molar-refractivity contribution >= 4 is 28.7 Å². The second-order valence-corrected chi connectivity index (χ2v) is 3.37. The maximum absolute atomic E-state index is 3.70. The standard InChI is InChI=1S/C9H9I/c1-3-8-4-5-9(10)7(2)6-8/h3-6H,1H2,2H3. The van der Waals surface area contributed by atoms with Gasteiger partial charge in [0.2, 0.25) is 0 Å². The summed E-state index contributed by atoms with van der Waals surface area (Å²) in [5.41, 5.74) is 2.51. The minimum absolute atomic E-state index is 1.19. The molecule has 1 heteroatoms. The molecule has 0 atom stereocenters. The van der Waals surface area contributed by atoms with Crippen LogP contribution in [0.4, 0.5) is 0 Å². The number of hydrogen-bond acceptors (Lipinski definition) is 0. The molecule has 1 aromatic carbocycles. The van der Waals surface area contributed by atoms with E-state index in [1.54, 1.807) is 0 Å². The van der Waals surface area contributed by atoms with Crippen LogP contribution in [0.5, 0.6) is 0 Å². The van der Waals surface area contributed by atoms with Gasteiger partial charge in [0, 0.05) is 3.57 Å². The van der Waals surface area contributed by atoms with Gasteiger partial charge in [-0.25, -0.2) is 0 Å². The second-order valence-electron chi connectivity index (χ2n) is 2.21. The molecule has 0 fully saturated rings. The molecule has 0 bridgehead atoms. The van der Waals surface area contributed by atoms with Crippen LogP contribution in [0.1, 0.15) is 11.1 Å². The lowest BCUT2D eigenvalue weighted by Gasteiger charge is -1.97. The Morgan fingerprint density at radius 1 is 1.50 bits per heavy atom. The van der Waals surface area contributed by atoms with E-state index in [-0.39, 0.29) is 0 Å². The van der Waals surface area contributed by atoms with Crippen molar-refractivity contribution in [3.63, 3.8) is 0 Å². The van der Waals surface area contributed by atoms with Crippen LogP contribution >= 0.6 is 22.6 Å². The summed E-state index contributed by atoms with van der Waals surface area (Å²) in [6, 6.07) is 6.31. The number of halogens is 1. The zero-order valence-corrected chi connectivity index (χ0v) is 8.05. The average Bonchev–Trinajstić information content (AvgIpc) is 1.95. The molecule has 0 aromatic heterocycles. The predicted molar refractivity (Wildman–Crippen MR) is 54.0 cm³/mol. The topological polar surface area (TPSA) is 0 Å². The van der Waals surface area contributed by atoms with Crippen LogP contribution in [0.3, 0.4) is 0 Å². The predicted octanol–water partition coefficient (Wildman–Crippen LogP) is 3.24. The van der Waals surface area contributed by atoms with Crippen molar-refractivity contribution in [2.75, 3.05) is 0 Å². The maximum Gasteiger partial charge on any atom is 0.0159 e. The van der Waals surface area contributed by atoms with Gasteiger partial charge in [-0.15, -0.1) is 0 Å². The summed E-state index contributed by atoms with van der Waals surface area (Å²) in [5.74, 6) is 0. The monoisotopic (exact) mass is 244 g/mol. The van der Waals surface area contributed by atoms with Crippen molar-refractivity contribution in [2.45, 2.75) is 6.92 Å². The van der Waals surface area contributed by atoms with Gasteiger partial charge in [0.25, 0.3) is 0 Å². The highest BCUT2D eigenvalue weighted by Crippen LogP contribution is 2.13. The minimum Gasteiger partial charge on any atom is -0.0985 e. The maximum atomic E-state index is 3.70. The molecule has 0 radical (unpaired) electrons. The van der Waals surface area contributed by atoms with Crippen molar-refractivity contribution in [2.24, 2.45) is 0 Å². The number of rotatable bonds is 1. The van der Waals surface area contributed by atoms with E-state index in [1.807, 2.05) is 6.08 Å². The first kappa shape index (κ1) is 7.79. The quantitative estimate of drug-likeness (QED) is 0.665. The molecule has 0 saturated heterocycles. The van der Waals surface area contributed by atoms with Crippen molar-refractivity contribution in [3.05, 3.63) is 39.5 Å². The normalized spacial score (nSPS) is 9.40. The number of aryl methyl sites for hydroxylation is 1. The summed E-state index contributed by atoms with van der Waals surface area (Å²) in [4.78, 5) is 0. The van der Waals surface area contributed by atoms with Crippen molar-refractivity contribution in [1.82, 2.24) is 0 Å². The lowest BCUT2D eigenvalue weighted by Crippen LogP contribution is -1.79. The van der Waals surface area contributed by atoms with E-state index in [0.29, 0.717) is 0 Å². The van der Waals surface area contributed by atoms with Gasteiger partial charge in [-0.2, -0.15) is 0 Å². The summed E-state index contributed by atoms with van der Waals surface area (Å²) in [6.45, 7) is 5.81. The Bertz CT molecular complexity index is 251. The molecule has 1 rings (SSSR count). The minimum atomic E-state index is 1.19. The van der Waals surface area contributed by atoms with E-state index in [1.165, 1.54) is 14.7 Å². The van der Waals surface area contributed by atoms with E-state index in [0.717, 1.165) is 0 Å². The lowest BCUT2D eigenvalue weighted by atomic mass is 10.1. The van der Waals surface area contributed by atoms with E-state index in [2.05, 4.69) is 54.3 Å². The molecule has 10 heavy (non-hydrogen) atoms. The average molecular weight is 244 g/mol. The summed E-state index contributed by atoms with van der Waals surface area (Å²) in [6.07, 6.45) is 1.86.